The van der Waals surface area contributed by atoms with Crippen molar-refractivity contribution in [2.45, 2.75) is 75.9 Å². The largest absolute Gasteiger partial charge is 0.490 e. The Morgan fingerprint density at radius 3 is 2.78 bits per heavy atom. The van der Waals surface area contributed by atoms with Crippen molar-refractivity contribution in [2.75, 3.05) is 37.5 Å². The Labute approximate surface area is 306 Å². The number of aromatic nitrogens is 1. The monoisotopic (exact) mass is 730 g/mol. The molecule has 2 aliphatic heterocycles. The number of anilines is 1. The van der Waals surface area contributed by atoms with Crippen molar-refractivity contribution >= 4 is 39.0 Å². The third-order valence-corrected chi connectivity index (χ3v) is 13.9. The van der Waals surface area contributed by atoms with Crippen LogP contribution in [0.5, 0.6) is 5.75 Å². The molecule has 9 nitrogen and oxygen atoms in total. The lowest BCUT2D eigenvalue weighted by Crippen LogP contribution is -2.49. The van der Waals surface area contributed by atoms with Crippen LogP contribution in [0.15, 0.2) is 71.4 Å². The Balaban J connectivity index is 1.18. The van der Waals surface area contributed by atoms with Gasteiger partial charge in [-0.1, -0.05) is 36.7 Å². The van der Waals surface area contributed by atoms with E-state index in [0.717, 1.165) is 68.7 Å². The maximum Gasteiger partial charge on any atom is 0.286 e. The highest BCUT2D eigenvalue weighted by atomic mass is 35.5. The highest BCUT2D eigenvalue weighted by molar-refractivity contribution is 7.92. The number of carbonyl (C=O) groups excluding carboxylic acids is 2. The van der Waals surface area contributed by atoms with E-state index >= 15 is 0 Å². The van der Waals surface area contributed by atoms with Gasteiger partial charge in [-0.3, -0.25) is 14.3 Å². The molecule has 5 aliphatic rings. The van der Waals surface area contributed by atoms with Gasteiger partial charge in [0.05, 0.1) is 29.7 Å². The number of nitrogens with one attached hydrogen (secondary N) is 1. The fourth-order valence-electron chi connectivity index (χ4n) is 8.72. The minimum Gasteiger partial charge on any atom is -0.490 e. The number of allylic oxidation sites excluding steroid dienone is 1. The molecule has 0 saturated heterocycles. The lowest BCUT2D eigenvalue weighted by atomic mass is 9.68. The molecule has 2 saturated carbocycles. The van der Waals surface area contributed by atoms with Gasteiger partial charge in [-0.05, 0) is 117 Å². The maximum atomic E-state index is 14.6. The number of amides is 2. The van der Waals surface area contributed by atoms with Gasteiger partial charge >= 0.3 is 0 Å². The number of hydrogen-bond donors (Lipinski definition) is 1. The normalized spacial score (nSPS) is 31.3. The quantitative estimate of drug-likeness (QED) is 0.279. The van der Waals surface area contributed by atoms with E-state index in [4.69, 9.17) is 21.1 Å². The minimum absolute atomic E-state index is 0.0357. The number of fused-ring (bicyclic) bond motifs is 4. The number of hydrogen-bond acceptors (Lipinski definition) is 6. The fraction of sp³-hybridized carbons (Fsp3) is 0.500. The maximum absolute atomic E-state index is 14.6. The second kappa shape index (κ2) is 13.7. The van der Waals surface area contributed by atoms with Crippen molar-refractivity contribution in [3.63, 3.8) is 0 Å². The summed E-state index contributed by atoms with van der Waals surface area (Å²) < 4.78 is 36.3. The van der Waals surface area contributed by atoms with E-state index < -0.39 is 21.7 Å². The van der Waals surface area contributed by atoms with Crippen LogP contribution in [0.3, 0.4) is 0 Å². The zero-order chi connectivity index (χ0) is 35.3. The summed E-state index contributed by atoms with van der Waals surface area (Å²) >= 11 is 6.46. The first-order valence-corrected chi connectivity index (χ1v) is 20.5. The van der Waals surface area contributed by atoms with Crippen LogP contribution in [0.4, 0.5) is 5.69 Å². The van der Waals surface area contributed by atoms with Crippen LogP contribution >= 0.6 is 11.6 Å². The van der Waals surface area contributed by atoms with Gasteiger partial charge in [-0.2, -0.15) is 0 Å². The van der Waals surface area contributed by atoms with Crippen LogP contribution in [0, 0.1) is 17.8 Å². The van der Waals surface area contributed by atoms with Crippen LogP contribution in [-0.4, -0.2) is 59.3 Å². The molecule has 3 heterocycles. The number of carbonyl (C=O) groups is 2. The molecule has 270 valence electrons. The third kappa shape index (κ3) is 6.99. The first-order valence-electron chi connectivity index (χ1n) is 18.4. The molecule has 2 bridgehead atoms. The Bertz CT molecular complexity index is 2000. The Kier molecular flexibility index (Phi) is 9.30. The van der Waals surface area contributed by atoms with Gasteiger partial charge in [0, 0.05) is 54.6 Å². The molecular formula is C40H47ClN4O5S. The number of nitrogens with zero attached hydrogens (tertiary/aromatic N) is 3. The van der Waals surface area contributed by atoms with Crippen LogP contribution in [-0.2, 0) is 26.5 Å². The molecule has 8 rings (SSSR count). The van der Waals surface area contributed by atoms with Gasteiger partial charge in [0.25, 0.3) is 11.8 Å². The molecule has 1 N–H and O–H groups in total. The number of benzene rings is 2. The van der Waals surface area contributed by atoms with Crippen LogP contribution in [0.25, 0.3) is 0 Å². The SMILES string of the molecule is CO[C@H]1/C=C\C[C@H](C)CS(=O)(NC(=O)c2ccn(C3CC3)c2)=NC(=O)c2ccc3c(c2)N(C[C@@H]2CC[C@H]21)C[C@@]1(CCCc2cc(Cl)ccc21)CO3. The number of methoxy groups -OCH3 is 1. The average Bonchev–Trinajstić information content (AvgIpc) is 3.85. The molecule has 1 spiro atoms. The number of aryl methyl sites for hydroxylation is 1. The van der Waals surface area contributed by atoms with Gasteiger partial charge in [0.2, 0.25) is 0 Å². The van der Waals surface area contributed by atoms with Gasteiger partial charge in [-0.25, -0.2) is 4.21 Å². The summed E-state index contributed by atoms with van der Waals surface area (Å²) in [7, 11) is -1.72. The number of ether oxygens (including phenoxy) is 2. The number of rotatable bonds is 4. The predicted octanol–water partition coefficient (Wildman–Crippen LogP) is 7.54. The third-order valence-electron chi connectivity index (χ3n) is 11.7. The van der Waals surface area contributed by atoms with E-state index in [1.165, 1.54) is 11.1 Å². The molecule has 6 atom stereocenters. The van der Waals surface area contributed by atoms with E-state index in [9.17, 15) is 13.8 Å². The van der Waals surface area contributed by atoms with Crippen molar-refractivity contribution < 1.29 is 23.3 Å². The molecule has 1 unspecified atom stereocenters. The summed E-state index contributed by atoms with van der Waals surface area (Å²) in [6, 6.07) is 13.8. The molecule has 3 aliphatic carbocycles. The van der Waals surface area contributed by atoms with Gasteiger partial charge in [-0.15, -0.1) is 4.36 Å². The van der Waals surface area contributed by atoms with Crippen molar-refractivity contribution in [1.29, 1.82) is 0 Å². The zero-order valence-corrected chi connectivity index (χ0v) is 31.0. The second-order valence-corrected chi connectivity index (χ2v) is 17.9. The van der Waals surface area contributed by atoms with E-state index in [0.29, 0.717) is 47.8 Å². The van der Waals surface area contributed by atoms with Gasteiger partial charge in [0.15, 0.2) is 0 Å². The standard InChI is InChI=1S/C40H47ClN4O5S/c1-26-5-3-7-36(49-2)33-13-8-29(33)21-45-24-40(17-4-6-27-19-31(41)10-14-34(27)40)25-50-37-15-9-28(20-35(37)45)38(46)42-51(48,23-26)43-39(47)30-16-18-44(22-30)32-11-12-32/h3,7,9-10,14-16,18-20,22,26,29,32-33,36H,4-6,8,11-13,17,21,23-25H2,1-2H3,(H,42,43,46,47,48)/b7-3-/t26-,29-,33+,36-,40-,51?/m0/s1. The van der Waals surface area contributed by atoms with E-state index in [2.05, 4.69) is 38.3 Å². The molecule has 2 aromatic carbocycles. The average molecular weight is 731 g/mol. The summed E-state index contributed by atoms with van der Waals surface area (Å²) in [4.78, 5) is 29.9. The summed E-state index contributed by atoms with van der Waals surface area (Å²) in [5.74, 6) is 0.261. The first-order chi connectivity index (χ1) is 24.6. The van der Waals surface area contributed by atoms with Crippen LogP contribution in [0.2, 0.25) is 5.02 Å². The molecular weight excluding hydrogens is 684 g/mol. The molecule has 51 heavy (non-hydrogen) atoms. The second-order valence-electron chi connectivity index (χ2n) is 15.5. The fourth-order valence-corrected chi connectivity index (χ4v) is 10.8. The Morgan fingerprint density at radius 1 is 1.14 bits per heavy atom. The van der Waals surface area contributed by atoms with Crippen molar-refractivity contribution in [3.8, 4) is 5.75 Å². The van der Waals surface area contributed by atoms with E-state index in [1.807, 2.05) is 35.9 Å². The summed E-state index contributed by atoms with van der Waals surface area (Å²) in [6.45, 7) is 4.00. The predicted molar refractivity (Wildman–Crippen MR) is 200 cm³/mol. The van der Waals surface area contributed by atoms with Crippen LogP contribution in [0.1, 0.15) is 89.8 Å². The van der Waals surface area contributed by atoms with Gasteiger partial charge in [0.1, 0.15) is 15.7 Å². The highest BCUT2D eigenvalue weighted by Gasteiger charge is 2.44. The summed E-state index contributed by atoms with van der Waals surface area (Å²) in [5.41, 5.74) is 3.86. The summed E-state index contributed by atoms with van der Waals surface area (Å²) in [6.07, 6.45) is 15.8. The van der Waals surface area contributed by atoms with Crippen LogP contribution < -0.4 is 14.4 Å². The Morgan fingerprint density at radius 2 is 2.00 bits per heavy atom. The van der Waals surface area contributed by atoms with Crippen molar-refractivity contribution in [3.05, 3.63) is 94.3 Å². The minimum atomic E-state index is -3.49. The molecule has 1 aromatic heterocycles. The molecule has 2 amide bonds. The van der Waals surface area contributed by atoms with Gasteiger partial charge < -0.3 is 18.9 Å². The molecule has 0 radical (unpaired) electrons. The van der Waals surface area contributed by atoms with E-state index in [-0.39, 0.29) is 23.2 Å². The number of halogens is 1. The topological polar surface area (TPSA) is 102 Å². The smallest absolute Gasteiger partial charge is 0.286 e. The zero-order valence-electron chi connectivity index (χ0n) is 29.4. The van der Waals surface area contributed by atoms with Crippen molar-refractivity contribution in [1.82, 2.24) is 9.29 Å². The molecule has 3 aromatic rings. The lowest BCUT2D eigenvalue weighted by Gasteiger charge is -2.46. The highest BCUT2D eigenvalue weighted by Crippen LogP contribution is 2.47. The van der Waals surface area contributed by atoms with E-state index in [1.54, 1.807) is 25.4 Å². The lowest BCUT2D eigenvalue weighted by molar-refractivity contribution is 0.0131. The summed E-state index contributed by atoms with van der Waals surface area (Å²) in [5, 5.41) is 0.746. The Hall–Kier alpha value is -3.60. The molecule has 2 fully saturated rings. The first kappa shape index (κ1) is 34.5. The molecule has 11 heteroatoms. The van der Waals surface area contributed by atoms with Crippen molar-refractivity contribution in [2.24, 2.45) is 22.1 Å².